The number of fused-ring (bicyclic) bond motifs is 1. The van der Waals surface area contributed by atoms with Gasteiger partial charge in [0.05, 0.1) is 11.6 Å². The number of hydrogen-bond donors (Lipinski definition) is 1. The van der Waals surface area contributed by atoms with Gasteiger partial charge in [-0.15, -0.1) is 0 Å². The number of likely N-dealkylation sites (N-methyl/N-ethyl adjacent to an activating group) is 1. The Morgan fingerprint density at radius 3 is 2.95 bits per heavy atom. The average molecular weight is 295 g/mol. The lowest BCUT2D eigenvalue weighted by Gasteiger charge is -2.32. The van der Waals surface area contributed by atoms with Gasteiger partial charge in [0.25, 0.3) is 5.91 Å². The summed E-state index contributed by atoms with van der Waals surface area (Å²) in [5.41, 5.74) is 2.79. The molecule has 0 spiro atoms. The van der Waals surface area contributed by atoms with E-state index in [9.17, 15) is 4.79 Å². The molecule has 0 bridgehead atoms. The summed E-state index contributed by atoms with van der Waals surface area (Å²) in [6.45, 7) is 3.33. The zero-order chi connectivity index (χ0) is 15.7. The van der Waals surface area contributed by atoms with Crippen molar-refractivity contribution in [2.75, 3.05) is 13.6 Å². The topological polar surface area (TPSA) is 69.3 Å². The molecule has 5 nitrogen and oxygen atoms in total. The minimum Gasteiger partial charge on any atom is -0.450 e. The highest BCUT2D eigenvalue weighted by Crippen LogP contribution is 2.26. The molecular weight excluding hydrogens is 278 g/mol. The highest BCUT2D eigenvalue weighted by molar-refractivity contribution is 5.95. The third kappa shape index (κ3) is 2.61. The van der Waals surface area contributed by atoms with Gasteiger partial charge in [0.15, 0.2) is 0 Å². The monoisotopic (exact) mass is 295 g/mol. The summed E-state index contributed by atoms with van der Waals surface area (Å²) in [6, 6.07) is 11.5. The zero-order valence-corrected chi connectivity index (χ0v) is 12.6. The molecular formula is C17H17N3O2. The number of nitrogens with one attached hydrogen (secondary N) is 1. The predicted octanol–water partition coefficient (Wildman–Crippen LogP) is 2.38. The Balaban J connectivity index is 1.85. The van der Waals surface area contributed by atoms with Crippen LogP contribution in [0.25, 0.3) is 0 Å². The van der Waals surface area contributed by atoms with Gasteiger partial charge in [0.1, 0.15) is 11.8 Å². The smallest absolute Gasteiger partial charge is 0.255 e. The SMILES string of the molecule is Cc1oc(C#N)cc1C(=O)NC1CN(C)Cc2ccccc21. The Morgan fingerprint density at radius 2 is 2.23 bits per heavy atom. The van der Waals surface area contributed by atoms with E-state index < -0.39 is 0 Å². The van der Waals surface area contributed by atoms with Crippen molar-refractivity contribution in [2.45, 2.75) is 19.5 Å². The van der Waals surface area contributed by atoms with E-state index >= 15 is 0 Å². The van der Waals surface area contributed by atoms with Crippen molar-refractivity contribution in [1.29, 1.82) is 5.26 Å². The molecule has 0 fully saturated rings. The number of aryl methyl sites for hydroxylation is 1. The lowest BCUT2D eigenvalue weighted by atomic mass is 9.95. The van der Waals surface area contributed by atoms with Crippen LogP contribution in [0.4, 0.5) is 0 Å². The van der Waals surface area contributed by atoms with Crippen LogP contribution in [0.1, 0.15) is 39.0 Å². The van der Waals surface area contributed by atoms with Crippen molar-refractivity contribution in [2.24, 2.45) is 0 Å². The standard InChI is InChI=1S/C17H17N3O2/c1-11-15(7-13(8-18)22-11)17(21)19-16-10-20(2)9-12-5-3-4-6-14(12)16/h3-7,16H,9-10H2,1-2H3,(H,19,21). The summed E-state index contributed by atoms with van der Waals surface area (Å²) < 4.78 is 5.23. The quantitative estimate of drug-likeness (QED) is 0.923. The van der Waals surface area contributed by atoms with Crippen LogP contribution in [0.3, 0.4) is 0 Å². The maximum absolute atomic E-state index is 12.5. The molecule has 1 unspecified atom stereocenters. The summed E-state index contributed by atoms with van der Waals surface area (Å²) in [7, 11) is 2.03. The first-order valence-electron chi connectivity index (χ1n) is 7.16. The van der Waals surface area contributed by atoms with E-state index in [4.69, 9.17) is 9.68 Å². The van der Waals surface area contributed by atoms with Crippen molar-refractivity contribution >= 4 is 5.91 Å². The molecule has 2 heterocycles. The van der Waals surface area contributed by atoms with E-state index in [1.165, 1.54) is 11.6 Å². The predicted molar refractivity (Wildman–Crippen MR) is 81.1 cm³/mol. The van der Waals surface area contributed by atoms with Crippen molar-refractivity contribution in [3.63, 3.8) is 0 Å². The van der Waals surface area contributed by atoms with Crippen LogP contribution in [0.15, 0.2) is 34.7 Å². The minimum absolute atomic E-state index is 0.0673. The molecule has 0 radical (unpaired) electrons. The fraction of sp³-hybridized carbons (Fsp3) is 0.294. The summed E-state index contributed by atoms with van der Waals surface area (Å²) in [6.07, 6.45) is 0. The van der Waals surface area contributed by atoms with Crippen LogP contribution in [-0.2, 0) is 6.54 Å². The largest absolute Gasteiger partial charge is 0.450 e. The molecule has 1 aromatic heterocycles. The number of nitriles is 1. The highest BCUT2D eigenvalue weighted by Gasteiger charge is 2.26. The van der Waals surface area contributed by atoms with Gasteiger partial charge in [-0.3, -0.25) is 9.69 Å². The first-order chi connectivity index (χ1) is 10.6. The Kier molecular flexibility index (Phi) is 3.70. The number of benzene rings is 1. The van der Waals surface area contributed by atoms with E-state index in [2.05, 4.69) is 22.3 Å². The maximum Gasteiger partial charge on any atom is 0.255 e. The summed E-state index contributed by atoms with van der Waals surface area (Å²) in [5, 5.41) is 11.9. The summed E-state index contributed by atoms with van der Waals surface area (Å²) in [5.74, 6) is 0.410. The summed E-state index contributed by atoms with van der Waals surface area (Å²) in [4.78, 5) is 14.7. The number of rotatable bonds is 2. The molecule has 3 rings (SSSR count). The van der Waals surface area contributed by atoms with Gasteiger partial charge in [-0.25, -0.2) is 0 Å². The number of carbonyl (C=O) groups excluding carboxylic acids is 1. The van der Waals surface area contributed by atoms with E-state index in [0.717, 1.165) is 18.7 Å². The van der Waals surface area contributed by atoms with Crippen molar-refractivity contribution < 1.29 is 9.21 Å². The number of nitrogens with zero attached hydrogens (tertiary/aromatic N) is 2. The van der Waals surface area contributed by atoms with Crippen LogP contribution in [0.2, 0.25) is 0 Å². The van der Waals surface area contributed by atoms with Crippen molar-refractivity contribution in [3.05, 3.63) is 58.5 Å². The minimum atomic E-state index is -0.210. The first-order valence-corrected chi connectivity index (χ1v) is 7.16. The Hall–Kier alpha value is -2.58. The van der Waals surface area contributed by atoms with E-state index in [1.807, 2.05) is 25.2 Å². The van der Waals surface area contributed by atoms with Gasteiger partial charge in [-0.1, -0.05) is 24.3 Å². The van der Waals surface area contributed by atoms with Crippen LogP contribution in [0.5, 0.6) is 0 Å². The van der Waals surface area contributed by atoms with Gasteiger partial charge in [0, 0.05) is 19.2 Å². The average Bonchev–Trinajstić information content (AvgIpc) is 2.88. The van der Waals surface area contributed by atoms with E-state index in [0.29, 0.717) is 11.3 Å². The first kappa shape index (κ1) is 14.4. The second kappa shape index (κ2) is 5.66. The zero-order valence-electron chi connectivity index (χ0n) is 12.6. The highest BCUT2D eigenvalue weighted by atomic mass is 16.3. The fourth-order valence-corrected chi connectivity index (χ4v) is 2.91. The molecule has 22 heavy (non-hydrogen) atoms. The van der Waals surface area contributed by atoms with Gasteiger partial charge in [0.2, 0.25) is 5.76 Å². The number of carbonyl (C=O) groups is 1. The second-order valence-corrected chi connectivity index (χ2v) is 5.61. The molecule has 1 aliphatic rings. The van der Waals surface area contributed by atoms with Gasteiger partial charge in [-0.05, 0) is 25.1 Å². The molecule has 1 aromatic carbocycles. The number of hydrogen-bond acceptors (Lipinski definition) is 4. The van der Waals surface area contributed by atoms with Gasteiger partial charge >= 0.3 is 0 Å². The maximum atomic E-state index is 12.5. The van der Waals surface area contributed by atoms with E-state index in [-0.39, 0.29) is 17.7 Å². The normalized spacial score (nSPS) is 17.6. The fourth-order valence-electron chi connectivity index (χ4n) is 2.91. The molecule has 5 heteroatoms. The molecule has 112 valence electrons. The van der Waals surface area contributed by atoms with Crippen molar-refractivity contribution in [3.8, 4) is 6.07 Å². The molecule has 1 amide bonds. The van der Waals surface area contributed by atoms with Gasteiger partial charge in [-0.2, -0.15) is 5.26 Å². The molecule has 1 atom stereocenters. The molecule has 0 saturated heterocycles. The lowest BCUT2D eigenvalue weighted by molar-refractivity contribution is 0.0920. The Labute approximate surface area is 129 Å². The molecule has 0 aliphatic carbocycles. The van der Waals surface area contributed by atoms with Crippen LogP contribution < -0.4 is 5.32 Å². The lowest BCUT2D eigenvalue weighted by Crippen LogP contribution is -2.40. The molecule has 2 aromatic rings. The molecule has 1 aliphatic heterocycles. The third-order valence-electron chi connectivity index (χ3n) is 3.94. The van der Waals surface area contributed by atoms with E-state index in [1.54, 1.807) is 6.92 Å². The van der Waals surface area contributed by atoms with Crippen molar-refractivity contribution in [1.82, 2.24) is 10.2 Å². The second-order valence-electron chi connectivity index (χ2n) is 5.61. The van der Waals surface area contributed by atoms with Crippen LogP contribution in [0, 0.1) is 18.3 Å². The number of furan rings is 1. The molecule has 0 saturated carbocycles. The third-order valence-corrected chi connectivity index (χ3v) is 3.94. The van der Waals surface area contributed by atoms with Gasteiger partial charge < -0.3 is 9.73 Å². The van der Waals surface area contributed by atoms with Crippen LogP contribution >= 0.6 is 0 Å². The Bertz CT molecular complexity index is 758. The van der Waals surface area contributed by atoms with Crippen LogP contribution in [-0.4, -0.2) is 24.4 Å². The Morgan fingerprint density at radius 1 is 1.45 bits per heavy atom. The molecule has 1 N–H and O–H groups in total. The number of amides is 1. The summed E-state index contributed by atoms with van der Waals surface area (Å²) >= 11 is 0.